The molecule has 0 spiro atoms. The topological polar surface area (TPSA) is 88.0 Å². The molecule has 0 bridgehead atoms. The zero-order chi connectivity index (χ0) is 14.0. The number of hydrogen-bond donors (Lipinski definition) is 2. The van der Waals surface area contributed by atoms with E-state index >= 15 is 0 Å². The van der Waals surface area contributed by atoms with Crippen LogP contribution in [0.25, 0.3) is 0 Å². The van der Waals surface area contributed by atoms with E-state index < -0.39 is 18.0 Å². The molecule has 1 amide bonds. The summed E-state index contributed by atoms with van der Waals surface area (Å²) in [5, 5.41) is 14.8. The Balaban J connectivity index is 2.03. The third kappa shape index (κ3) is 2.73. The minimum absolute atomic E-state index is 0.0218. The Morgan fingerprint density at radius 2 is 2.16 bits per heavy atom. The number of rotatable bonds is 3. The van der Waals surface area contributed by atoms with E-state index in [1.165, 1.54) is 0 Å². The summed E-state index contributed by atoms with van der Waals surface area (Å²) in [4.78, 5) is 27.5. The van der Waals surface area contributed by atoms with Gasteiger partial charge in [-0.1, -0.05) is 17.3 Å². The second kappa shape index (κ2) is 5.09. The molecule has 6 heteroatoms. The summed E-state index contributed by atoms with van der Waals surface area (Å²) in [6.07, 6.45) is -0.905. The van der Waals surface area contributed by atoms with Gasteiger partial charge in [0.15, 0.2) is 5.71 Å². The molecule has 1 aliphatic rings. The van der Waals surface area contributed by atoms with Gasteiger partial charge in [0, 0.05) is 12.1 Å². The van der Waals surface area contributed by atoms with Gasteiger partial charge in [0.25, 0.3) is 5.91 Å². The minimum Gasteiger partial charge on any atom is -0.477 e. The molecule has 1 aliphatic heterocycles. The molecule has 1 unspecified atom stereocenters. The molecule has 2 N–H and O–H groups in total. The van der Waals surface area contributed by atoms with Gasteiger partial charge in [-0.2, -0.15) is 0 Å². The second-order valence-corrected chi connectivity index (χ2v) is 4.38. The Labute approximate surface area is 110 Å². The molecule has 0 fully saturated rings. The number of oxime groups is 1. The molecule has 0 radical (unpaired) electrons. The predicted octanol–water partition coefficient (Wildman–Crippen LogP) is 1.47. The highest BCUT2D eigenvalue weighted by Gasteiger charge is 2.31. The average molecular weight is 262 g/mol. The number of aryl methyl sites for hydroxylation is 1. The van der Waals surface area contributed by atoms with Gasteiger partial charge >= 0.3 is 5.97 Å². The molecule has 2 rings (SSSR count). The van der Waals surface area contributed by atoms with Crippen LogP contribution in [0.15, 0.2) is 23.4 Å². The summed E-state index contributed by atoms with van der Waals surface area (Å²) >= 11 is 0. The number of carboxylic acid groups (broad SMARTS) is 1. The van der Waals surface area contributed by atoms with Crippen LogP contribution in [0.2, 0.25) is 0 Å². The Hall–Kier alpha value is -2.37. The largest absolute Gasteiger partial charge is 0.477 e. The van der Waals surface area contributed by atoms with Crippen molar-refractivity contribution in [1.82, 2.24) is 0 Å². The van der Waals surface area contributed by atoms with Crippen LogP contribution in [0.4, 0.5) is 5.69 Å². The third-order valence-corrected chi connectivity index (χ3v) is 3.07. The van der Waals surface area contributed by atoms with E-state index in [0.29, 0.717) is 5.69 Å². The van der Waals surface area contributed by atoms with E-state index in [-0.39, 0.29) is 12.1 Å². The zero-order valence-corrected chi connectivity index (χ0v) is 10.6. The summed E-state index contributed by atoms with van der Waals surface area (Å²) < 4.78 is 0. The summed E-state index contributed by atoms with van der Waals surface area (Å²) in [5.74, 6) is -1.56. The number of carbonyl (C=O) groups is 2. The van der Waals surface area contributed by atoms with Crippen molar-refractivity contribution in [2.45, 2.75) is 26.4 Å². The summed E-state index contributed by atoms with van der Waals surface area (Å²) in [6.45, 7) is 3.85. The van der Waals surface area contributed by atoms with Gasteiger partial charge < -0.3 is 15.3 Å². The van der Waals surface area contributed by atoms with Crippen LogP contribution in [0.3, 0.4) is 0 Å². The monoisotopic (exact) mass is 262 g/mol. The number of amides is 1. The van der Waals surface area contributed by atoms with Crippen LogP contribution in [0.1, 0.15) is 17.5 Å². The van der Waals surface area contributed by atoms with Gasteiger partial charge in [-0.3, -0.25) is 4.79 Å². The lowest BCUT2D eigenvalue weighted by molar-refractivity contribution is -0.129. The maximum absolute atomic E-state index is 11.9. The lowest BCUT2D eigenvalue weighted by Crippen LogP contribution is -2.29. The van der Waals surface area contributed by atoms with Crippen molar-refractivity contribution in [3.63, 3.8) is 0 Å². The molecule has 1 heterocycles. The van der Waals surface area contributed by atoms with Crippen LogP contribution in [0.5, 0.6) is 0 Å². The molecule has 0 saturated heterocycles. The van der Waals surface area contributed by atoms with Crippen LogP contribution in [-0.2, 0) is 14.4 Å². The standard InChI is InChI=1S/C13H14N2O4/c1-7-4-3-5-9(8(7)2)14-12(16)11-6-10(13(17)18)15-19-11/h3-5,11H,6H2,1-2H3,(H,14,16)(H,17,18). The number of hydrogen-bond acceptors (Lipinski definition) is 4. The van der Waals surface area contributed by atoms with E-state index in [0.717, 1.165) is 11.1 Å². The Morgan fingerprint density at radius 3 is 2.79 bits per heavy atom. The Kier molecular flexibility index (Phi) is 3.50. The number of carboxylic acids is 1. The van der Waals surface area contributed by atoms with Crippen molar-refractivity contribution in [3.8, 4) is 0 Å². The zero-order valence-electron chi connectivity index (χ0n) is 10.6. The van der Waals surface area contributed by atoms with Crippen LogP contribution in [0, 0.1) is 13.8 Å². The summed E-state index contributed by atoms with van der Waals surface area (Å²) in [7, 11) is 0. The smallest absolute Gasteiger partial charge is 0.353 e. The van der Waals surface area contributed by atoms with Crippen LogP contribution < -0.4 is 5.32 Å². The van der Waals surface area contributed by atoms with E-state index in [1.54, 1.807) is 6.07 Å². The fraction of sp³-hybridized carbons (Fsp3) is 0.308. The summed E-state index contributed by atoms with van der Waals surface area (Å²) in [6, 6.07) is 5.57. The maximum atomic E-state index is 11.9. The van der Waals surface area contributed by atoms with E-state index in [2.05, 4.69) is 10.5 Å². The third-order valence-electron chi connectivity index (χ3n) is 3.07. The number of nitrogens with zero attached hydrogens (tertiary/aromatic N) is 1. The Morgan fingerprint density at radius 1 is 1.42 bits per heavy atom. The van der Waals surface area contributed by atoms with Gasteiger partial charge in [0.2, 0.25) is 6.10 Å². The minimum atomic E-state index is -1.16. The van der Waals surface area contributed by atoms with E-state index in [1.807, 2.05) is 26.0 Å². The fourth-order valence-corrected chi connectivity index (χ4v) is 1.74. The molecule has 0 aromatic heterocycles. The first-order chi connectivity index (χ1) is 8.99. The molecule has 0 aliphatic carbocycles. The summed E-state index contributed by atoms with van der Waals surface area (Å²) in [5.41, 5.74) is 2.58. The van der Waals surface area contributed by atoms with Crippen molar-refractivity contribution >= 4 is 23.3 Å². The lowest BCUT2D eigenvalue weighted by atomic mass is 10.1. The highest BCUT2D eigenvalue weighted by Crippen LogP contribution is 2.20. The average Bonchev–Trinajstić information content (AvgIpc) is 2.84. The number of nitrogens with one attached hydrogen (secondary N) is 1. The Bertz CT molecular complexity index is 566. The first-order valence-electron chi connectivity index (χ1n) is 5.82. The molecule has 1 aromatic carbocycles. The number of aliphatic carboxylic acids is 1. The van der Waals surface area contributed by atoms with Gasteiger partial charge in [-0.25, -0.2) is 4.79 Å². The molecular formula is C13H14N2O4. The van der Waals surface area contributed by atoms with Crippen LogP contribution in [-0.4, -0.2) is 28.8 Å². The van der Waals surface area contributed by atoms with Gasteiger partial charge in [-0.05, 0) is 31.0 Å². The van der Waals surface area contributed by atoms with Crippen molar-refractivity contribution in [3.05, 3.63) is 29.3 Å². The highest BCUT2D eigenvalue weighted by atomic mass is 16.6. The maximum Gasteiger partial charge on any atom is 0.353 e. The first kappa shape index (κ1) is 13.1. The van der Waals surface area contributed by atoms with Gasteiger partial charge in [0.1, 0.15) is 0 Å². The SMILES string of the molecule is Cc1cccc(NC(=O)C2CC(C(=O)O)=NO2)c1C. The second-order valence-electron chi connectivity index (χ2n) is 4.38. The molecule has 1 aromatic rings. The van der Waals surface area contributed by atoms with Crippen molar-refractivity contribution < 1.29 is 19.5 Å². The van der Waals surface area contributed by atoms with E-state index in [4.69, 9.17) is 9.94 Å². The van der Waals surface area contributed by atoms with Gasteiger partial charge in [-0.15, -0.1) is 0 Å². The van der Waals surface area contributed by atoms with Gasteiger partial charge in [0.05, 0.1) is 0 Å². The fourth-order valence-electron chi connectivity index (χ4n) is 1.74. The number of anilines is 1. The molecule has 19 heavy (non-hydrogen) atoms. The van der Waals surface area contributed by atoms with Crippen LogP contribution >= 0.6 is 0 Å². The highest BCUT2D eigenvalue weighted by molar-refractivity contribution is 6.36. The van der Waals surface area contributed by atoms with E-state index in [9.17, 15) is 9.59 Å². The first-order valence-corrected chi connectivity index (χ1v) is 5.82. The number of carbonyl (C=O) groups excluding carboxylic acids is 1. The van der Waals surface area contributed by atoms with Crippen molar-refractivity contribution in [2.24, 2.45) is 5.16 Å². The predicted molar refractivity (Wildman–Crippen MR) is 69.1 cm³/mol. The van der Waals surface area contributed by atoms with Crippen molar-refractivity contribution in [1.29, 1.82) is 0 Å². The molecule has 6 nitrogen and oxygen atoms in total. The molecule has 0 saturated carbocycles. The lowest BCUT2D eigenvalue weighted by Gasteiger charge is -2.12. The molecule has 100 valence electrons. The molecule has 1 atom stereocenters. The van der Waals surface area contributed by atoms with Crippen molar-refractivity contribution in [2.75, 3.05) is 5.32 Å². The number of benzene rings is 1. The normalized spacial score (nSPS) is 17.6. The quantitative estimate of drug-likeness (QED) is 0.863. The molecular weight excluding hydrogens is 248 g/mol.